The van der Waals surface area contributed by atoms with Crippen molar-refractivity contribution in [2.75, 3.05) is 19.0 Å². The number of methoxy groups -OCH3 is 1. The van der Waals surface area contributed by atoms with Gasteiger partial charge in [0.2, 0.25) is 11.8 Å². The van der Waals surface area contributed by atoms with Gasteiger partial charge in [0.05, 0.1) is 29.9 Å². The van der Waals surface area contributed by atoms with Crippen molar-refractivity contribution in [1.29, 1.82) is 0 Å². The van der Waals surface area contributed by atoms with E-state index in [1.54, 1.807) is 17.9 Å². The Hall–Kier alpha value is -3.94. The minimum atomic E-state index is -0.331. The maximum atomic E-state index is 12.4. The summed E-state index contributed by atoms with van der Waals surface area (Å²) >= 11 is 0. The summed E-state index contributed by atoms with van der Waals surface area (Å²) in [5.74, 6) is 1.24. The lowest BCUT2D eigenvalue weighted by Gasteiger charge is -2.09. The molecule has 8 nitrogen and oxygen atoms in total. The Morgan fingerprint density at radius 3 is 2.66 bits per heavy atom. The molecular formula is C21H19N5O3. The van der Waals surface area contributed by atoms with E-state index in [2.05, 4.69) is 20.3 Å². The van der Waals surface area contributed by atoms with Crippen LogP contribution in [0.2, 0.25) is 0 Å². The average molecular weight is 389 g/mol. The summed E-state index contributed by atoms with van der Waals surface area (Å²) in [4.78, 5) is 24.9. The van der Waals surface area contributed by atoms with E-state index in [1.165, 1.54) is 6.33 Å². The number of ether oxygens (including phenoxy) is 2. The first-order valence-electron chi connectivity index (χ1n) is 8.94. The van der Waals surface area contributed by atoms with Crippen molar-refractivity contribution in [1.82, 2.24) is 19.5 Å². The molecule has 1 N–H and O–H groups in total. The van der Waals surface area contributed by atoms with Gasteiger partial charge in [-0.3, -0.25) is 10.1 Å². The number of hydrogen-bond acceptors (Lipinski definition) is 6. The first-order valence-corrected chi connectivity index (χ1v) is 8.94. The van der Waals surface area contributed by atoms with Gasteiger partial charge in [-0.05, 0) is 36.4 Å². The van der Waals surface area contributed by atoms with Crippen LogP contribution in [0.5, 0.6) is 11.6 Å². The minimum absolute atomic E-state index is 0.189. The van der Waals surface area contributed by atoms with E-state index in [9.17, 15) is 4.79 Å². The molecule has 0 saturated carbocycles. The fourth-order valence-corrected chi connectivity index (χ4v) is 2.95. The average Bonchev–Trinajstić information content (AvgIpc) is 3.12. The Morgan fingerprint density at radius 2 is 1.86 bits per heavy atom. The third-order valence-electron chi connectivity index (χ3n) is 4.47. The molecule has 4 aromatic rings. The van der Waals surface area contributed by atoms with E-state index < -0.39 is 0 Å². The molecule has 4 rings (SSSR count). The van der Waals surface area contributed by atoms with Crippen molar-refractivity contribution in [2.45, 2.75) is 0 Å². The summed E-state index contributed by atoms with van der Waals surface area (Å²) in [6.45, 7) is -0.189. The number of hydrogen-bond donors (Lipinski definition) is 1. The number of benzene rings is 2. The third-order valence-corrected chi connectivity index (χ3v) is 4.47. The van der Waals surface area contributed by atoms with Crippen LogP contribution < -0.4 is 14.8 Å². The van der Waals surface area contributed by atoms with Crippen LogP contribution in [0.3, 0.4) is 0 Å². The Morgan fingerprint density at radius 1 is 1.07 bits per heavy atom. The monoisotopic (exact) mass is 389 g/mol. The van der Waals surface area contributed by atoms with E-state index >= 15 is 0 Å². The van der Waals surface area contributed by atoms with E-state index in [1.807, 2.05) is 55.6 Å². The quantitative estimate of drug-likeness (QED) is 0.545. The lowest BCUT2D eigenvalue weighted by molar-refractivity contribution is -0.118. The van der Waals surface area contributed by atoms with Gasteiger partial charge in [-0.25, -0.2) is 15.0 Å². The van der Waals surface area contributed by atoms with E-state index in [4.69, 9.17) is 9.47 Å². The van der Waals surface area contributed by atoms with Gasteiger partial charge in [-0.2, -0.15) is 0 Å². The van der Waals surface area contributed by atoms with Crippen LogP contribution >= 0.6 is 0 Å². The van der Waals surface area contributed by atoms with Crippen molar-refractivity contribution < 1.29 is 14.3 Å². The summed E-state index contributed by atoms with van der Waals surface area (Å²) in [5.41, 5.74) is 2.59. The summed E-state index contributed by atoms with van der Waals surface area (Å²) in [6, 6.07) is 15.1. The smallest absolute Gasteiger partial charge is 0.264 e. The van der Waals surface area contributed by atoms with Gasteiger partial charge in [-0.1, -0.05) is 12.1 Å². The zero-order valence-electron chi connectivity index (χ0n) is 16.0. The molecule has 0 aliphatic carbocycles. The second-order valence-electron chi connectivity index (χ2n) is 6.29. The van der Waals surface area contributed by atoms with Gasteiger partial charge in [0.1, 0.15) is 12.1 Å². The van der Waals surface area contributed by atoms with Crippen molar-refractivity contribution in [2.24, 2.45) is 7.05 Å². The van der Waals surface area contributed by atoms with E-state index in [0.717, 1.165) is 27.9 Å². The number of amides is 1. The van der Waals surface area contributed by atoms with Gasteiger partial charge >= 0.3 is 0 Å². The zero-order valence-corrected chi connectivity index (χ0v) is 16.0. The van der Waals surface area contributed by atoms with E-state index in [0.29, 0.717) is 11.8 Å². The SMILES string of the molecule is COc1ccc(-c2cnc(NC(=O)COc3ncnc4ccccc34)n2C)cc1. The molecule has 0 aliphatic heterocycles. The number of carbonyl (C=O) groups excluding carboxylic acids is 1. The highest BCUT2D eigenvalue weighted by Gasteiger charge is 2.13. The normalized spacial score (nSPS) is 10.7. The van der Waals surface area contributed by atoms with Gasteiger partial charge in [0.15, 0.2) is 6.61 Å². The second-order valence-corrected chi connectivity index (χ2v) is 6.29. The molecule has 0 radical (unpaired) electrons. The first kappa shape index (κ1) is 18.4. The first-order chi connectivity index (χ1) is 14.2. The molecule has 0 fully saturated rings. The third kappa shape index (κ3) is 3.86. The molecule has 29 heavy (non-hydrogen) atoms. The molecular weight excluding hydrogens is 370 g/mol. The number of para-hydroxylation sites is 1. The highest BCUT2D eigenvalue weighted by atomic mass is 16.5. The summed E-state index contributed by atoms with van der Waals surface area (Å²) in [6.07, 6.45) is 3.12. The van der Waals surface area contributed by atoms with Crippen LogP contribution in [0.1, 0.15) is 0 Å². The molecule has 1 amide bonds. The van der Waals surface area contributed by atoms with Gasteiger partial charge in [-0.15, -0.1) is 0 Å². The van der Waals surface area contributed by atoms with Crippen LogP contribution in [0, 0.1) is 0 Å². The summed E-state index contributed by atoms with van der Waals surface area (Å²) in [5, 5.41) is 3.51. The molecule has 2 heterocycles. The number of fused-ring (bicyclic) bond motifs is 1. The molecule has 0 atom stereocenters. The fraction of sp³-hybridized carbons (Fsp3) is 0.143. The number of imidazole rings is 1. The predicted octanol–water partition coefficient (Wildman–Crippen LogP) is 3.06. The number of nitrogens with one attached hydrogen (secondary N) is 1. The van der Waals surface area contributed by atoms with Crippen molar-refractivity contribution in [3.8, 4) is 22.9 Å². The predicted molar refractivity (Wildman–Crippen MR) is 109 cm³/mol. The molecule has 0 spiro atoms. The Bertz CT molecular complexity index is 1150. The maximum Gasteiger partial charge on any atom is 0.264 e. The fourth-order valence-electron chi connectivity index (χ4n) is 2.95. The maximum absolute atomic E-state index is 12.4. The van der Waals surface area contributed by atoms with Gasteiger partial charge < -0.3 is 14.0 Å². The molecule has 8 heteroatoms. The number of anilines is 1. The lowest BCUT2D eigenvalue weighted by atomic mass is 10.1. The second kappa shape index (κ2) is 7.97. The van der Waals surface area contributed by atoms with Crippen LogP contribution in [-0.2, 0) is 11.8 Å². The molecule has 0 unspecified atom stereocenters. The molecule has 0 bridgehead atoms. The highest BCUT2D eigenvalue weighted by Crippen LogP contribution is 2.24. The molecule has 2 aromatic carbocycles. The van der Waals surface area contributed by atoms with Crippen molar-refractivity contribution in [3.63, 3.8) is 0 Å². The Labute approximate surface area is 167 Å². The lowest BCUT2D eigenvalue weighted by Crippen LogP contribution is -2.22. The minimum Gasteiger partial charge on any atom is -0.497 e. The summed E-state index contributed by atoms with van der Waals surface area (Å²) < 4.78 is 12.6. The molecule has 2 aromatic heterocycles. The van der Waals surface area contributed by atoms with Crippen LogP contribution in [0.15, 0.2) is 61.1 Å². The van der Waals surface area contributed by atoms with Crippen molar-refractivity contribution >= 4 is 22.8 Å². The largest absolute Gasteiger partial charge is 0.497 e. The number of rotatable bonds is 6. The Kier molecular flexibility index (Phi) is 5.07. The van der Waals surface area contributed by atoms with Crippen LogP contribution in [0.4, 0.5) is 5.95 Å². The van der Waals surface area contributed by atoms with Gasteiger partial charge in [0, 0.05) is 12.6 Å². The molecule has 0 saturated heterocycles. The Balaban J connectivity index is 1.44. The highest BCUT2D eigenvalue weighted by molar-refractivity contribution is 5.91. The number of nitrogens with zero attached hydrogens (tertiary/aromatic N) is 4. The summed E-state index contributed by atoms with van der Waals surface area (Å²) in [7, 11) is 3.46. The molecule has 0 aliphatic rings. The topological polar surface area (TPSA) is 91.2 Å². The number of carbonyl (C=O) groups is 1. The van der Waals surface area contributed by atoms with E-state index in [-0.39, 0.29) is 12.5 Å². The van der Waals surface area contributed by atoms with Crippen LogP contribution in [0.25, 0.3) is 22.2 Å². The van der Waals surface area contributed by atoms with Crippen molar-refractivity contribution in [3.05, 3.63) is 61.1 Å². The van der Waals surface area contributed by atoms with Gasteiger partial charge in [0.25, 0.3) is 5.91 Å². The standard InChI is InChI=1S/C21H19N5O3/c1-26-18(14-7-9-15(28-2)10-8-14)11-22-21(26)25-19(27)12-29-20-16-5-3-4-6-17(16)23-13-24-20/h3-11,13H,12H2,1-2H3,(H,22,25,27). The van der Waals surface area contributed by atoms with Crippen LogP contribution in [-0.4, -0.2) is 39.1 Å². The molecule has 146 valence electrons. The number of aromatic nitrogens is 4. The zero-order chi connectivity index (χ0) is 20.2.